The second-order valence-electron chi connectivity index (χ2n) is 16.7. The van der Waals surface area contributed by atoms with Crippen molar-refractivity contribution in [3.8, 4) is 34.2 Å². The first kappa shape index (κ1) is 34.9. The minimum atomic E-state index is -2.24. The quantitative estimate of drug-likeness (QED) is 0.163. The van der Waals surface area contributed by atoms with E-state index >= 15 is 0 Å². The molecule has 288 valence electrons. The van der Waals surface area contributed by atoms with E-state index in [0.717, 1.165) is 40.8 Å². The Kier molecular flexibility index (Phi) is 7.84. The molecule has 0 saturated heterocycles. The van der Waals surface area contributed by atoms with Crippen molar-refractivity contribution in [2.75, 3.05) is 4.90 Å². The standard InChI is InChI=1S/C53H42N6Si/c1-60(2)49-28-16-15-27-46(49)59(53-55-51(35-17-5-3-6-18-35)54-52(56-53)58-44-25-13-10-21-39(44)40-22-11-14-26-45(40)58)47-32-30-37(34-50(47)60)36-29-31-42-41-23-9-12-24-43(41)57(48(42)33-36)38-19-7-4-8-20-38/h3-8,10-11,13-22,25-34H,9,12,23-24H2,1-2H3. The summed E-state index contributed by atoms with van der Waals surface area (Å²) in [7, 11) is -2.24. The Bertz CT molecular complexity index is 3260. The zero-order valence-electron chi connectivity index (χ0n) is 33.7. The average molecular weight is 791 g/mol. The number of anilines is 3. The number of hydrogen-bond acceptors (Lipinski definition) is 4. The summed E-state index contributed by atoms with van der Waals surface area (Å²) >= 11 is 0. The maximum Gasteiger partial charge on any atom is 0.240 e. The SMILES string of the molecule is C[Si]1(C)c2ccccc2N(c2nc(-c3ccccc3)nc(-n3c4ccccc4c4ccccc43)n2)c2ccc(-c3ccc4c5c(n(-c6ccccc6)c4c3)CCCC5)cc21. The lowest BCUT2D eigenvalue weighted by Gasteiger charge is -2.40. The van der Waals surface area contributed by atoms with Gasteiger partial charge in [-0.3, -0.25) is 9.47 Å². The van der Waals surface area contributed by atoms with E-state index in [2.05, 4.69) is 179 Å². The van der Waals surface area contributed by atoms with Crippen molar-refractivity contribution >= 4 is 68.5 Å². The van der Waals surface area contributed by atoms with Crippen molar-refractivity contribution < 1.29 is 0 Å². The lowest BCUT2D eigenvalue weighted by Crippen LogP contribution is -2.58. The molecule has 0 atom stereocenters. The predicted molar refractivity (Wildman–Crippen MR) is 250 cm³/mol. The van der Waals surface area contributed by atoms with Gasteiger partial charge in [-0.15, -0.1) is 0 Å². The average Bonchev–Trinajstić information content (AvgIpc) is 3.82. The van der Waals surface area contributed by atoms with E-state index in [1.807, 2.05) is 18.2 Å². The number of para-hydroxylation sites is 4. The number of hydrogen-bond donors (Lipinski definition) is 0. The van der Waals surface area contributed by atoms with Gasteiger partial charge in [0.1, 0.15) is 8.07 Å². The minimum Gasteiger partial charge on any atom is -0.313 e. The molecule has 2 aliphatic rings. The number of benzene rings is 7. The fourth-order valence-corrected chi connectivity index (χ4v) is 13.1. The Labute approximate surface area is 350 Å². The van der Waals surface area contributed by atoms with Crippen LogP contribution >= 0.6 is 0 Å². The molecule has 0 amide bonds. The second-order valence-corrected chi connectivity index (χ2v) is 21.1. The van der Waals surface area contributed by atoms with E-state index in [9.17, 15) is 0 Å². The molecule has 60 heavy (non-hydrogen) atoms. The van der Waals surface area contributed by atoms with E-state index in [4.69, 9.17) is 15.0 Å². The van der Waals surface area contributed by atoms with Crippen molar-refractivity contribution in [2.45, 2.75) is 38.8 Å². The van der Waals surface area contributed by atoms with Gasteiger partial charge in [-0.2, -0.15) is 15.0 Å². The fraction of sp³-hybridized carbons (Fsp3) is 0.113. The van der Waals surface area contributed by atoms with Crippen molar-refractivity contribution in [3.63, 3.8) is 0 Å². The van der Waals surface area contributed by atoms with Crippen molar-refractivity contribution in [1.29, 1.82) is 0 Å². The molecule has 12 rings (SSSR count). The van der Waals surface area contributed by atoms with Gasteiger partial charge in [0.2, 0.25) is 11.9 Å². The molecule has 1 aliphatic heterocycles. The third-order valence-corrected chi connectivity index (χ3v) is 16.5. The number of nitrogens with zero attached hydrogens (tertiary/aromatic N) is 6. The Morgan fingerprint density at radius 2 is 1.07 bits per heavy atom. The van der Waals surface area contributed by atoms with Crippen LogP contribution in [-0.2, 0) is 12.8 Å². The van der Waals surface area contributed by atoms with Crippen LogP contribution in [0.2, 0.25) is 13.1 Å². The molecule has 7 heteroatoms. The number of aryl methyl sites for hydroxylation is 1. The van der Waals surface area contributed by atoms with Crippen LogP contribution in [0.5, 0.6) is 0 Å². The number of rotatable bonds is 5. The molecule has 0 bridgehead atoms. The molecular weight excluding hydrogens is 749 g/mol. The molecule has 0 saturated carbocycles. The highest BCUT2D eigenvalue weighted by molar-refractivity contribution is 7.02. The third kappa shape index (κ3) is 5.28. The van der Waals surface area contributed by atoms with Gasteiger partial charge in [0, 0.05) is 44.5 Å². The molecule has 0 unspecified atom stereocenters. The molecule has 3 aromatic heterocycles. The maximum absolute atomic E-state index is 5.44. The van der Waals surface area contributed by atoms with Crippen LogP contribution in [-0.4, -0.2) is 32.2 Å². The highest BCUT2D eigenvalue weighted by atomic mass is 28.3. The Morgan fingerprint density at radius 1 is 0.450 bits per heavy atom. The summed E-state index contributed by atoms with van der Waals surface area (Å²) in [6.45, 7) is 4.96. The molecule has 6 nitrogen and oxygen atoms in total. The lowest BCUT2D eigenvalue weighted by molar-refractivity contribution is 0.667. The van der Waals surface area contributed by atoms with Crippen molar-refractivity contribution in [2.24, 2.45) is 0 Å². The van der Waals surface area contributed by atoms with Gasteiger partial charge < -0.3 is 4.57 Å². The van der Waals surface area contributed by atoms with Crippen molar-refractivity contribution in [1.82, 2.24) is 24.1 Å². The zero-order valence-corrected chi connectivity index (χ0v) is 34.7. The first-order valence-corrected chi connectivity index (χ1v) is 24.1. The highest BCUT2D eigenvalue weighted by Crippen LogP contribution is 2.41. The zero-order chi connectivity index (χ0) is 40.0. The fourth-order valence-electron chi connectivity index (χ4n) is 10.1. The van der Waals surface area contributed by atoms with Crippen LogP contribution in [0.1, 0.15) is 24.1 Å². The molecule has 0 N–H and O–H groups in total. The van der Waals surface area contributed by atoms with E-state index in [1.165, 1.54) is 73.0 Å². The van der Waals surface area contributed by atoms with Crippen LogP contribution in [0.25, 0.3) is 66.9 Å². The summed E-state index contributed by atoms with van der Waals surface area (Å²) < 4.78 is 4.72. The molecule has 4 heterocycles. The minimum absolute atomic E-state index is 0.589. The maximum atomic E-state index is 5.44. The number of aromatic nitrogens is 5. The largest absolute Gasteiger partial charge is 0.313 e. The molecular formula is C53H42N6Si. The van der Waals surface area contributed by atoms with Crippen LogP contribution in [0.3, 0.4) is 0 Å². The van der Waals surface area contributed by atoms with Gasteiger partial charge in [-0.25, -0.2) is 0 Å². The summed E-state index contributed by atoms with van der Waals surface area (Å²) in [5.41, 5.74) is 13.3. The summed E-state index contributed by atoms with van der Waals surface area (Å²) in [6.07, 6.45) is 4.74. The van der Waals surface area contributed by atoms with Gasteiger partial charge >= 0.3 is 0 Å². The molecule has 0 radical (unpaired) electrons. The van der Waals surface area contributed by atoms with E-state index < -0.39 is 8.07 Å². The van der Waals surface area contributed by atoms with Crippen LogP contribution in [0.15, 0.2) is 170 Å². The van der Waals surface area contributed by atoms with Gasteiger partial charge in [-0.05, 0) is 95.2 Å². The van der Waals surface area contributed by atoms with Crippen molar-refractivity contribution in [3.05, 3.63) is 181 Å². The van der Waals surface area contributed by atoms with Crippen LogP contribution in [0.4, 0.5) is 17.3 Å². The highest BCUT2D eigenvalue weighted by Gasteiger charge is 2.40. The van der Waals surface area contributed by atoms with E-state index in [1.54, 1.807) is 0 Å². The first-order chi connectivity index (χ1) is 29.5. The third-order valence-electron chi connectivity index (χ3n) is 13.0. The molecule has 0 spiro atoms. The van der Waals surface area contributed by atoms with Gasteiger partial charge in [-0.1, -0.05) is 140 Å². The normalized spacial score (nSPS) is 14.3. The van der Waals surface area contributed by atoms with Gasteiger partial charge in [0.05, 0.1) is 16.6 Å². The van der Waals surface area contributed by atoms with E-state index in [0.29, 0.717) is 17.7 Å². The van der Waals surface area contributed by atoms with Crippen LogP contribution in [0, 0.1) is 0 Å². The molecule has 0 fully saturated rings. The second kappa shape index (κ2) is 13.5. The summed E-state index contributed by atoms with van der Waals surface area (Å²) in [4.78, 5) is 18.3. The lowest BCUT2D eigenvalue weighted by atomic mass is 9.95. The molecule has 10 aromatic rings. The number of fused-ring (bicyclic) bond motifs is 8. The summed E-state index contributed by atoms with van der Waals surface area (Å²) in [6, 6.07) is 61.4. The Hall–Kier alpha value is -7.09. The van der Waals surface area contributed by atoms with Crippen LogP contribution < -0.4 is 15.3 Å². The smallest absolute Gasteiger partial charge is 0.240 e. The first-order valence-electron chi connectivity index (χ1n) is 21.1. The molecule has 1 aliphatic carbocycles. The topological polar surface area (TPSA) is 51.8 Å². The van der Waals surface area contributed by atoms with Gasteiger partial charge in [0.15, 0.2) is 5.82 Å². The summed E-state index contributed by atoms with van der Waals surface area (Å²) in [5.74, 6) is 1.82. The molecule has 7 aromatic carbocycles. The van der Waals surface area contributed by atoms with Gasteiger partial charge in [0.25, 0.3) is 0 Å². The van der Waals surface area contributed by atoms with E-state index in [-0.39, 0.29) is 0 Å². The monoisotopic (exact) mass is 790 g/mol. The Balaban J connectivity index is 1.07. The predicted octanol–water partition coefficient (Wildman–Crippen LogP) is 11.7. The Morgan fingerprint density at radius 3 is 1.85 bits per heavy atom. The summed E-state index contributed by atoms with van der Waals surface area (Å²) in [5, 5.41) is 6.43.